The lowest BCUT2D eigenvalue weighted by atomic mass is 9.95. The first-order chi connectivity index (χ1) is 20.7. The molecule has 1 aromatic heterocycles. The molecule has 3 aromatic carbocycles. The number of halogens is 1. The molecule has 0 spiro atoms. The first kappa shape index (κ1) is 30.3. The fourth-order valence-electron chi connectivity index (χ4n) is 4.91. The Labute approximate surface area is 262 Å². The van der Waals surface area contributed by atoms with Gasteiger partial charge in [-0.3, -0.25) is 9.36 Å². The first-order valence-corrected chi connectivity index (χ1v) is 15.3. The number of esters is 1. The zero-order valence-corrected chi connectivity index (χ0v) is 27.0. The lowest BCUT2D eigenvalue weighted by Gasteiger charge is -2.25. The van der Waals surface area contributed by atoms with Crippen molar-refractivity contribution < 1.29 is 19.0 Å². The molecule has 43 heavy (non-hydrogen) atoms. The highest BCUT2D eigenvalue weighted by molar-refractivity contribution is 9.10. The normalized spacial score (nSPS) is 14.7. The fourth-order valence-corrected chi connectivity index (χ4v) is 6.53. The van der Waals surface area contributed by atoms with Crippen molar-refractivity contribution in [3.8, 4) is 11.5 Å². The summed E-state index contributed by atoms with van der Waals surface area (Å²) in [7, 11) is 5.50. The third-order valence-electron chi connectivity index (χ3n) is 7.02. The van der Waals surface area contributed by atoms with Crippen LogP contribution in [0.4, 0.5) is 5.69 Å². The monoisotopic (exact) mass is 661 g/mol. The Morgan fingerprint density at radius 2 is 1.84 bits per heavy atom. The summed E-state index contributed by atoms with van der Waals surface area (Å²) in [6, 6.07) is 20.7. The zero-order valence-electron chi connectivity index (χ0n) is 24.6. The van der Waals surface area contributed by atoms with Gasteiger partial charge in [0.1, 0.15) is 6.61 Å². The van der Waals surface area contributed by atoms with Crippen LogP contribution in [0.5, 0.6) is 11.5 Å². The SMILES string of the molecule is CCOC(=O)C1=C(C)N=c2s/c(=C\c3cc(Br)c(OCc4ccccc4)c(OC)c3)c(=O)n2[C@@H]1c1ccc(N(C)C)cc1. The Bertz CT molecular complexity index is 1860. The first-order valence-electron chi connectivity index (χ1n) is 13.7. The van der Waals surface area contributed by atoms with Crippen LogP contribution >= 0.6 is 27.3 Å². The van der Waals surface area contributed by atoms with Gasteiger partial charge in [0.25, 0.3) is 5.56 Å². The van der Waals surface area contributed by atoms with Crippen molar-refractivity contribution in [2.24, 2.45) is 4.99 Å². The third kappa shape index (κ3) is 6.30. The molecule has 0 amide bonds. The van der Waals surface area contributed by atoms with E-state index in [9.17, 15) is 9.59 Å². The summed E-state index contributed by atoms with van der Waals surface area (Å²) in [6.45, 7) is 4.13. The van der Waals surface area contributed by atoms with Gasteiger partial charge in [-0.1, -0.05) is 53.8 Å². The molecule has 0 saturated heterocycles. The number of methoxy groups -OCH3 is 1. The number of carbonyl (C=O) groups excluding carboxylic acids is 1. The molecule has 1 aliphatic rings. The molecule has 1 atom stereocenters. The van der Waals surface area contributed by atoms with Crippen molar-refractivity contribution in [1.82, 2.24) is 4.57 Å². The van der Waals surface area contributed by atoms with Gasteiger partial charge in [-0.25, -0.2) is 9.79 Å². The average Bonchev–Trinajstić information content (AvgIpc) is 3.29. The van der Waals surface area contributed by atoms with Crippen molar-refractivity contribution in [2.45, 2.75) is 26.5 Å². The molecule has 2 heterocycles. The minimum Gasteiger partial charge on any atom is -0.493 e. The van der Waals surface area contributed by atoms with E-state index in [2.05, 4.69) is 20.9 Å². The van der Waals surface area contributed by atoms with Crippen molar-refractivity contribution in [3.63, 3.8) is 0 Å². The van der Waals surface area contributed by atoms with E-state index in [1.165, 1.54) is 11.3 Å². The second kappa shape index (κ2) is 13.0. The molecule has 10 heteroatoms. The number of benzene rings is 3. The predicted octanol–water partition coefficient (Wildman–Crippen LogP) is 5.21. The molecular weight excluding hydrogens is 630 g/mol. The van der Waals surface area contributed by atoms with E-state index in [0.29, 0.717) is 43.2 Å². The molecular formula is C33H32BrN3O5S. The van der Waals surface area contributed by atoms with Crippen LogP contribution in [0.3, 0.4) is 0 Å². The Balaban J connectivity index is 1.58. The standard InChI is InChI=1S/C33H32BrN3O5S/c1-6-41-32(39)28-20(2)35-33-37(29(28)23-12-14-24(15-13-23)36(3)4)31(38)27(43-33)18-22-16-25(34)30(26(17-22)40-5)42-19-21-10-8-7-9-11-21/h7-18,29H,6,19H2,1-5H3/b27-18-/t29-/m1/s1. The molecule has 5 rings (SSSR count). The molecule has 1 aliphatic heterocycles. The Morgan fingerprint density at radius 1 is 1.12 bits per heavy atom. The van der Waals surface area contributed by atoms with E-state index in [1.54, 1.807) is 31.6 Å². The van der Waals surface area contributed by atoms with E-state index >= 15 is 0 Å². The minimum absolute atomic E-state index is 0.216. The number of aromatic nitrogens is 1. The van der Waals surface area contributed by atoms with Crippen molar-refractivity contribution in [2.75, 3.05) is 32.7 Å². The number of carbonyl (C=O) groups is 1. The van der Waals surface area contributed by atoms with Crippen LogP contribution < -0.4 is 29.3 Å². The highest BCUT2D eigenvalue weighted by atomic mass is 79.9. The highest BCUT2D eigenvalue weighted by Gasteiger charge is 2.33. The number of thiazole rings is 1. The number of rotatable bonds is 9. The van der Waals surface area contributed by atoms with Gasteiger partial charge in [0.15, 0.2) is 16.3 Å². The maximum absolute atomic E-state index is 14.0. The van der Waals surface area contributed by atoms with Gasteiger partial charge in [0.2, 0.25) is 0 Å². The van der Waals surface area contributed by atoms with E-state index in [4.69, 9.17) is 14.2 Å². The van der Waals surface area contributed by atoms with Gasteiger partial charge < -0.3 is 19.1 Å². The van der Waals surface area contributed by atoms with Gasteiger partial charge in [0, 0.05) is 19.8 Å². The quantitative estimate of drug-likeness (QED) is 0.229. The van der Waals surface area contributed by atoms with Crippen LogP contribution in [-0.2, 0) is 16.1 Å². The van der Waals surface area contributed by atoms with Gasteiger partial charge >= 0.3 is 5.97 Å². The lowest BCUT2D eigenvalue weighted by molar-refractivity contribution is -0.139. The van der Waals surface area contributed by atoms with E-state index in [0.717, 1.165) is 22.4 Å². The molecule has 0 radical (unpaired) electrons. The zero-order chi connectivity index (χ0) is 30.7. The Morgan fingerprint density at radius 3 is 2.49 bits per heavy atom. The topological polar surface area (TPSA) is 82.4 Å². The number of hydrogen-bond acceptors (Lipinski definition) is 8. The summed E-state index contributed by atoms with van der Waals surface area (Å²) >= 11 is 4.89. The maximum Gasteiger partial charge on any atom is 0.338 e. The van der Waals surface area contributed by atoms with Gasteiger partial charge in [-0.05, 0) is 76.8 Å². The largest absolute Gasteiger partial charge is 0.493 e. The lowest BCUT2D eigenvalue weighted by Crippen LogP contribution is -2.39. The van der Waals surface area contributed by atoms with Crippen molar-refractivity contribution in [1.29, 1.82) is 0 Å². The highest BCUT2D eigenvalue weighted by Crippen LogP contribution is 2.37. The maximum atomic E-state index is 14.0. The number of fused-ring (bicyclic) bond motifs is 1. The van der Waals surface area contributed by atoms with E-state index in [-0.39, 0.29) is 12.2 Å². The average molecular weight is 663 g/mol. The second-order valence-corrected chi connectivity index (χ2v) is 12.0. The molecule has 0 bridgehead atoms. The van der Waals surface area contributed by atoms with Gasteiger partial charge in [0.05, 0.1) is 40.0 Å². The molecule has 8 nitrogen and oxygen atoms in total. The smallest absolute Gasteiger partial charge is 0.338 e. The molecule has 4 aromatic rings. The Kier molecular flexibility index (Phi) is 9.17. The van der Waals surface area contributed by atoms with Crippen LogP contribution in [0.1, 0.15) is 36.6 Å². The van der Waals surface area contributed by atoms with Crippen LogP contribution in [0, 0.1) is 0 Å². The van der Waals surface area contributed by atoms with Crippen molar-refractivity contribution in [3.05, 3.63) is 119 Å². The third-order valence-corrected chi connectivity index (χ3v) is 8.59. The molecule has 0 saturated carbocycles. The second-order valence-electron chi connectivity index (χ2n) is 10.1. The van der Waals surface area contributed by atoms with E-state index < -0.39 is 12.0 Å². The number of hydrogen-bond donors (Lipinski definition) is 0. The van der Waals surface area contributed by atoms with Gasteiger partial charge in [-0.15, -0.1) is 0 Å². The van der Waals surface area contributed by atoms with Crippen molar-refractivity contribution >= 4 is 45.0 Å². The van der Waals surface area contributed by atoms with Crippen LogP contribution in [-0.4, -0.2) is 38.3 Å². The Hall–Kier alpha value is -4.15. The minimum atomic E-state index is -0.677. The summed E-state index contributed by atoms with van der Waals surface area (Å²) in [4.78, 5) is 34.4. The number of nitrogens with zero attached hydrogens (tertiary/aromatic N) is 3. The molecule has 0 unspecified atom stereocenters. The molecule has 222 valence electrons. The van der Waals surface area contributed by atoms with Crippen LogP contribution in [0.2, 0.25) is 0 Å². The van der Waals surface area contributed by atoms with Crippen LogP contribution in [0.15, 0.2) is 92.3 Å². The number of ether oxygens (including phenoxy) is 3. The fraction of sp³-hybridized carbons (Fsp3) is 0.242. The predicted molar refractivity (Wildman–Crippen MR) is 173 cm³/mol. The van der Waals surface area contributed by atoms with E-state index in [1.807, 2.05) is 85.7 Å². The summed E-state index contributed by atoms with van der Waals surface area (Å²) in [5, 5.41) is 0. The summed E-state index contributed by atoms with van der Waals surface area (Å²) in [5.74, 6) is 0.615. The summed E-state index contributed by atoms with van der Waals surface area (Å²) in [6.07, 6.45) is 1.80. The van der Waals surface area contributed by atoms with Gasteiger partial charge in [-0.2, -0.15) is 0 Å². The summed E-state index contributed by atoms with van der Waals surface area (Å²) in [5.41, 5.74) is 4.20. The van der Waals surface area contributed by atoms with Crippen LogP contribution in [0.25, 0.3) is 6.08 Å². The molecule has 0 N–H and O–H groups in total. The summed E-state index contributed by atoms with van der Waals surface area (Å²) < 4.78 is 19.9. The molecule has 0 aliphatic carbocycles. The number of allylic oxidation sites excluding steroid dienone is 1. The number of anilines is 1. The molecule has 0 fully saturated rings.